The molecule has 0 aliphatic carbocycles. The Morgan fingerprint density at radius 1 is 1.86 bits per heavy atom. The van der Waals surface area contributed by atoms with Crippen LogP contribution in [0.25, 0.3) is 0 Å². The lowest BCUT2D eigenvalue weighted by Gasteiger charge is -1.94. The molecule has 0 saturated heterocycles. The zero-order chi connectivity index (χ0) is 5.70. The van der Waals surface area contributed by atoms with Crippen LogP contribution in [0.15, 0.2) is 24.5 Å². The van der Waals surface area contributed by atoms with Gasteiger partial charge in [-0.3, -0.25) is 0 Å². The van der Waals surface area contributed by atoms with Gasteiger partial charge in [0.05, 0.1) is 0 Å². The Balaban J connectivity index is 2.97. The maximum absolute atomic E-state index is 5.19. The van der Waals surface area contributed by atoms with Crippen molar-refractivity contribution in [2.45, 2.75) is 0 Å². The van der Waals surface area contributed by atoms with E-state index in [4.69, 9.17) is 11.6 Å². The molecule has 0 aliphatic rings. The van der Waals surface area contributed by atoms with Gasteiger partial charge in [0.25, 0.3) is 0 Å². The Hall–Kier alpha value is -0.430. The number of hydrogen-bond donors (Lipinski definition) is 0. The summed E-state index contributed by atoms with van der Waals surface area (Å²) in [6, 6.07) is 0. The van der Waals surface area contributed by atoms with Crippen molar-refractivity contribution in [2.75, 3.05) is 6.61 Å². The van der Waals surface area contributed by atoms with Gasteiger partial charge >= 0.3 is 0 Å². The van der Waals surface area contributed by atoms with Crippen molar-refractivity contribution in [3.8, 4) is 0 Å². The molecular formula is C5H7ClO. The summed E-state index contributed by atoms with van der Waals surface area (Å²) in [4.78, 5) is 0. The quantitative estimate of drug-likeness (QED) is 0.406. The van der Waals surface area contributed by atoms with E-state index in [-0.39, 0.29) is 5.22 Å². The SMILES string of the molecule is C=CCOC(=C)Cl. The number of ether oxygens (including phenoxy) is 1. The molecule has 0 aromatic carbocycles. The second-order valence-electron chi connectivity index (χ2n) is 0.955. The Morgan fingerprint density at radius 2 is 2.43 bits per heavy atom. The lowest BCUT2D eigenvalue weighted by Crippen LogP contribution is -1.81. The first-order chi connectivity index (χ1) is 3.27. The minimum atomic E-state index is 0.208. The van der Waals surface area contributed by atoms with E-state index >= 15 is 0 Å². The van der Waals surface area contributed by atoms with Gasteiger partial charge in [0.2, 0.25) is 0 Å². The molecule has 0 N–H and O–H groups in total. The first-order valence-corrected chi connectivity index (χ1v) is 2.23. The van der Waals surface area contributed by atoms with Crippen LogP contribution in [0.5, 0.6) is 0 Å². The van der Waals surface area contributed by atoms with Crippen LogP contribution in [0.4, 0.5) is 0 Å². The van der Waals surface area contributed by atoms with E-state index in [1.165, 1.54) is 0 Å². The molecule has 0 atom stereocenters. The highest BCUT2D eigenvalue weighted by Crippen LogP contribution is 1.96. The van der Waals surface area contributed by atoms with Gasteiger partial charge in [0, 0.05) is 0 Å². The molecule has 40 valence electrons. The summed E-state index contributed by atoms with van der Waals surface area (Å²) in [5, 5.41) is 0.208. The smallest absolute Gasteiger partial charge is 0.179 e. The summed E-state index contributed by atoms with van der Waals surface area (Å²) in [6.07, 6.45) is 1.60. The predicted molar refractivity (Wildman–Crippen MR) is 31.1 cm³/mol. The van der Waals surface area contributed by atoms with Crippen LogP contribution < -0.4 is 0 Å². The normalized spacial score (nSPS) is 7.57. The monoisotopic (exact) mass is 118 g/mol. The van der Waals surface area contributed by atoms with Gasteiger partial charge in [-0.25, -0.2) is 0 Å². The van der Waals surface area contributed by atoms with E-state index < -0.39 is 0 Å². The van der Waals surface area contributed by atoms with Crippen molar-refractivity contribution < 1.29 is 4.74 Å². The van der Waals surface area contributed by atoms with Crippen LogP contribution in [0, 0.1) is 0 Å². The van der Waals surface area contributed by atoms with E-state index in [0.717, 1.165) is 0 Å². The highest BCUT2D eigenvalue weighted by Gasteiger charge is 1.78. The van der Waals surface area contributed by atoms with Gasteiger partial charge in [0.1, 0.15) is 6.61 Å². The molecule has 0 aromatic rings. The van der Waals surface area contributed by atoms with Crippen molar-refractivity contribution in [1.29, 1.82) is 0 Å². The van der Waals surface area contributed by atoms with Crippen LogP contribution in [0.3, 0.4) is 0 Å². The second kappa shape index (κ2) is 3.75. The minimum absolute atomic E-state index is 0.208. The summed E-state index contributed by atoms with van der Waals surface area (Å²) in [6.45, 7) is 7.13. The van der Waals surface area contributed by atoms with E-state index in [9.17, 15) is 0 Å². The topological polar surface area (TPSA) is 9.23 Å². The molecule has 0 radical (unpaired) electrons. The van der Waals surface area contributed by atoms with Crippen molar-refractivity contribution in [3.63, 3.8) is 0 Å². The second-order valence-corrected chi connectivity index (χ2v) is 1.38. The van der Waals surface area contributed by atoms with E-state index in [1.54, 1.807) is 6.08 Å². The molecule has 0 fully saturated rings. The molecule has 0 heterocycles. The molecule has 0 spiro atoms. The molecule has 0 aliphatic heterocycles. The highest BCUT2D eigenvalue weighted by atomic mass is 35.5. The summed E-state index contributed by atoms with van der Waals surface area (Å²) in [5.74, 6) is 0. The number of hydrogen-bond acceptors (Lipinski definition) is 1. The first-order valence-electron chi connectivity index (χ1n) is 1.85. The Kier molecular flexibility index (Phi) is 3.52. The standard InChI is InChI=1S/C5H7ClO/c1-3-4-7-5(2)6/h3H,1-2,4H2. The van der Waals surface area contributed by atoms with Gasteiger partial charge in [-0.15, -0.1) is 0 Å². The first kappa shape index (κ1) is 6.57. The van der Waals surface area contributed by atoms with E-state index in [1.807, 2.05) is 0 Å². The van der Waals surface area contributed by atoms with Crippen molar-refractivity contribution in [2.24, 2.45) is 0 Å². The maximum Gasteiger partial charge on any atom is 0.179 e. The van der Waals surface area contributed by atoms with Crippen molar-refractivity contribution in [3.05, 3.63) is 24.5 Å². The van der Waals surface area contributed by atoms with Gasteiger partial charge in [-0.2, -0.15) is 0 Å². The maximum atomic E-state index is 5.19. The third-order valence-corrected chi connectivity index (χ3v) is 0.467. The van der Waals surface area contributed by atoms with Crippen molar-refractivity contribution >= 4 is 11.6 Å². The molecule has 0 aromatic heterocycles. The number of rotatable bonds is 3. The third kappa shape index (κ3) is 5.57. The Morgan fingerprint density at radius 3 is 2.57 bits per heavy atom. The zero-order valence-corrected chi connectivity index (χ0v) is 4.74. The molecule has 2 heteroatoms. The fourth-order valence-corrected chi connectivity index (χ4v) is 0.212. The predicted octanol–water partition coefficient (Wildman–Crippen LogP) is 1.90. The van der Waals surface area contributed by atoms with Crippen molar-refractivity contribution in [1.82, 2.24) is 0 Å². The fourth-order valence-electron chi connectivity index (χ4n) is 0.149. The molecule has 1 nitrogen and oxygen atoms in total. The molecular weight excluding hydrogens is 112 g/mol. The Labute approximate surface area is 48.2 Å². The summed E-state index contributed by atoms with van der Waals surface area (Å²) >= 11 is 5.19. The molecule has 0 unspecified atom stereocenters. The van der Waals surface area contributed by atoms with Crippen LogP contribution in [-0.2, 0) is 4.74 Å². The lowest BCUT2D eigenvalue weighted by molar-refractivity contribution is 0.277. The van der Waals surface area contributed by atoms with Crippen LogP contribution in [-0.4, -0.2) is 6.61 Å². The van der Waals surface area contributed by atoms with E-state index in [2.05, 4.69) is 17.9 Å². The van der Waals surface area contributed by atoms with Gasteiger partial charge in [-0.1, -0.05) is 12.7 Å². The molecule has 0 bridgehead atoms. The number of halogens is 1. The molecule has 0 saturated carbocycles. The third-order valence-electron chi connectivity index (χ3n) is 0.358. The highest BCUT2D eigenvalue weighted by molar-refractivity contribution is 6.27. The Bertz CT molecular complexity index is 78.1. The van der Waals surface area contributed by atoms with Crippen LogP contribution in [0.1, 0.15) is 0 Å². The zero-order valence-electron chi connectivity index (χ0n) is 3.98. The van der Waals surface area contributed by atoms with Crippen LogP contribution >= 0.6 is 11.6 Å². The average Bonchev–Trinajstić information content (AvgIpc) is 1.61. The molecule has 0 amide bonds. The lowest BCUT2D eigenvalue weighted by atomic mass is 10.7. The summed E-state index contributed by atoms with van der Waals surface area (Å²) in [7, 11) is 0. The van der Waals surface area contributed by atoms with E-state index in [0.29, 0.717) is 6.61 Å². The summed E-state index contributed by atoms with van der Waals surface area (Å²) < 4.78 is 4.64. The van der Waals surface area contributed by atoms with Crippen LogP contribution in [0.2, 0.25) is 0 Å². The summed E-state index contributed by atoms with van der Waals surface area (Å²) in [5.41, 5.74) is 0. The van der Waals surface area contributed by atoms with Gasteiger partial charge in [-0.05, 0) is 18.2 Å². The average molecular weight is 119 g/mol. The van der Waals surface area contributed by atoms with Gasteiger partial charge in [0.15, 0.2) is 5.22 Å². The minimum Gasteiger partial charge on any atom is -0.479 e. The van der Waals surface area contributed by atoms with Gasteiger partial charge < -0.3 is 4.74 Å². The molecule has 7 heavy (non-hydrogen) atoms. The fraction of sp³-hybridized carbons (Fsp3) is 0.200. The largest absolute Gasteiger partial charge is 0.479 e. The molecule has 0 rings (SSSR count).